The summed E-state index contributed by atoms with van der Waals surface area (Å²) in [7, 11) is 3.99. The van der Waals surface area contributed by atoms with Gasteiger partial charge in [0.2, 0.25) is 0 Å². The van der Waals surface area contributed by atoms with E-state index in [2.05, 4.69) is 4.90 Å². The topological polar surface area (TPSA) is 52.9 Å². The molecular weight excluding hydrogens is 278 g/mol. The lowest BCUT2D eigenvalue weighted by Crippen LogP contribution is -2.28. The monoisotopic (exact) mass is 299 g/mol. The van der Waals surface area contributed by atoms with E-state index in [9.17, 15) is 10.2 Å². The van der Waals surface area contributed by atoms with E-state index in [4.69, 9.17) is 4.74 Å². The number of rotatable bonds is 3. The second-order valence-corrected chi connectivity index (χ2v) is 5.99. The lowest BCUT2D eigenvalue weighted by Gasteiger charge is -2.34. The van der Waals surface area contributed by atoms with Crippen LogP contribution in [0.4, 0.5) is 0 Å². The smallest absolute Gasteiger partial charge is 0.161 e. The summed E-state index contributed by atoms with van der Waals surface area (Å²) in [5.41, 5.74) is 2.82. The molecule has 1 aliphatic heterocycles. The van der Waals surface area contributed by atoms with Crippen molar-refractivity contribution in [1.29, 1.82) is 0 Å². The van der Waals surface area contributed by atoms with E-state index in [-0.39, 0.29) is 23.7 Å². The van der Waals surface area contributed by atoms with Crippen LogP contribution in [0.1, 0.15) is 28.9 Å². The van der Waals surface area contributed by atoms with Gasteiger partial charge in [0.1, 0.15) is 0 Å². The van der Waals surface area contributed by atoms with E-state index < -0.39 is 0 Å². The molecule has 2 atom stereocenters. The number of phenols is 2. The Hall–Kier alpha value is -2.04. The van der Waals surface area contributed by atoms with Crippen molar-refractivity contribution in [3.63, 3.8) is 0 Å². The number of phenolic OH excluding ortho intramolecular Hbond substituents is 2. The molecule has 0 aromatic heterocycles. The molecule has 22 heavy (non-hydrogen) atoms. The third kappa shape index (κ3) is 2.80. The van der Waals surface area contributed by atoms with Crippen LogP contribution in [0.15, 0.2) is 42.5 Å². The van der Waals surface area contributed by atoms with Crippen LogP contribution in [0.5, 0.6) is 11.5 Å². The minimum atomic E-state index is -0.129. The third-order valence-electron chi connectivity index (χ3n) is 4.06. The van der Waals surface area contributed by atoms with Gasteiger partial charge in [0.05, 0.1) is 12.2 Å². The SMILES string of the molecule is CN(C)C[C@@H]1OC(c2ccccc2)Cc2c1ccc(O)c2O. The van der Waals surface area contributed by atoms with Gasteiger partial charge in [-0.1, -0.05) is 36.4 Å². The molecule has 2 aromatic carbocycles. The normalized spacial score (nSPS) is 20.9. The number of hydrogen-bond acceptors (Lipinski definition) is 4. The fraction of sp³-hybridized carbons (Fsp3) is 0.333. The van der Waals surface area contributed by atoms with Crippen LogP contribution in [-0.2, 0) is 11.2 Å². The number of benzene rings is 2. The molecule has 3 rings (SSSR count). The van der Waals surface area contributed by atoms with E-state index in [0.29, 0.717) is 6.42 Å². The molecule has 0 bridgehead atoms. The molecule has 2 aromatic rings. The van der Waals surface area contributed by atoms with Crippen LogP contribution >= 0.6 is 0 Å². The van der Waals surface area contributed by atoms with Crippen molar-refractivity contribution < 1.29 is 14.9 Å². The van der Waals surface area contributed by atoms with Gasteiger partial charge in [-0.25, -0.2) is 0 Å². The van der Waals surface area contributed by atoms with Crippen LogP contribution in [0, 0.1) is 0 Å². The van der Waals surface area contributed by atoms with Gasteiger partial charge in [-0.3, -0.25) is 0 Å². The Morgan fingerprint density at radius 2 is 1.82 bits per heavy atom. The molecule has 0 saturated carbocycles. The third-order valence-corrected chi connectivity index (χ3v) is 4.06. The Kier molecular flexibility index (Phi) is 4.05. The Bertz CT molecular complexity index is 655. The minimum Gasteiger partial charge on any atom is -0.504 e. The average Bonchev–Trinajstić information content (AvgIpc) is 2.51. The van der Waals surface area contributed by atoms with Crippen molar-refractivity contribution in [2.75, 3.05) is 20.6 Å². The molecule has 0 spiro atoms. The zero-order chi connectivity index (χ0) is 15.7. The first-order chi connectivity index (χ1) is 10.6. The first kappa shape index (κ1) is 14.9. The van der Waals surface area contributed by atoms with Gasteiger partial charge < -0.3 is 19.8 Å². The first-order valence-corrected chi connectivity index (χ1v) is 7.45. The molecule has 116 valence electrons. The van der Waals surface area contributed by atoms with Crippen molar-refractivity contribution in [3.05, 3.63) is 59.2 Å². The maximum atomic E-state index is 10.2. The number of fused-ring (bicyclic) bond motifs is 1. The summed E-state index contributed by atoms with van der Waals surface area (Å²) in [6, 6.07) is 13.4. The molecule has 1 unspecified atom stereocenters. The Balaban J connectivity index is 2.01. The standard InChI is InChI=1S/C18H21NO3/c1-19(2)11-17-13-8-9-15(20)18(21)14(13)10-16(22-17)12-6-4-3-5-7-12/h3-9,16-17,20-21H,10-11H2,1-2H3/t16?,17-/m0/s1. The van der Waals surface area contributed by atoms with Gasteiger partial charge >= 0.3 is 0 Å². The number of ether oxygens (including phenoxy) is 1. The molecule has 4 heteroatoms. The summed E-state index contributed by atoms with van der Waals surface area (Å²) >= 11 is 0. The summed E-state index contributed by atoms with van der Waals surface area (Å²) in [5, 5.41) is 20.0. The number of likely N-dealkylation sites (N-methyl/N-ethyl adjacent to an activating group) is 1. The van der Waals surface area contributed by atoms with E-state index in [1.807, 2.05) is 50.5 Å². The molecule has 4 nitrogen and oxygen atoms in total. The van der Waals surface area contributed by atoms with Crippen molar-refractivity contribution in [2.24, 2.45) is 0 Å². The Morgan fingerprint density at radius 3 is 2.50 bits per heavy atom. The summed E-state index contributed by atoms with van der Waals surface area (Å²) in [5.74, 6) is -0.0958. The van der Waals surface area contributed by atoms with Crippen molar-refractivity contribution >= 4 is 0 Å². The highest BCUT2D eigenvalue weighted by Crippen LogP contribution is 2.44. The zero-order valence-electron chi connectivity index (χ0n) is 12.9. The predicted octanol–water partition coefficient (Wildman–Crippen LogP) is 3.01. The quantitative estimate of drug-likeness (QED) is 0.856. The molecule has 1 heterocycles. The fourth-order valence-corrected chi connectivity index (χ4v) is 3.00. The van der Waals surface area contributed by atoms with Crippen LogP contribution < -0.4 is 0 Å². The van der Waals surface area contributed by atoms with E-state index in [1.54, 1.807) is 0 Å². The van der Waals surface area contributed by atoms with E-state index in [1.165, 1.54) is 6.07 Å². The highest BCUT2D eigenvalue weighted by molar-refractivity contribution is 5.51. The van der Waals surface area contributed by atoms with E-state index in [0.717, 1.165) is 23.2 Å². The lowest BCUT2D eigenvalue weighted by molar-refractivity contribution is -0.0387. The maximum absolute atomic E-state index is 10.2. The van der Waals surface area contributed by atoms with Gasteiger partial charge in [0.25, 0.3) is 0 Å². The number of nitrogens with zero attached hydrogens (tertiary/aromatic N) is 1. The molecule has 1 aliphatic rings. The van der Waals surface area contributed by atoms with Gasteiger partial charge in [0, 0.05) is 18.5 Å². The van der Waals surface area contributed by atoms with Crippen LogP contribution in [0.25, 0.3) is 0 Å². The molecular formula is C18H21NO3. The number of aromatic hydroxyl groups is 2. The second-order valence-electron chi connectivity index (χ2n) is 5.99. The van der Waals surface area contributed by atoms with Crippen LogP contribution in [-0.4, -0.2) is 35.8 Å². The highest BCUT2D eigenvalue weighted by Gasteiger charge is 2.31. The molecule has 0 amide bonds. The lowest BCUT2D eigenvalue weighted by atomic mass is 9.90. The minimum absolute atomic E-state index is 0.0227. The fourth-order valence-electron chi connectivity index (χ4n) is 3.00. The Morgan fingerprint density at radius 1 is 1.09 bits per heavy atom. The van der Waals surface area contributed by atoms with E-state index >= 15 is 0 Å². The average molecular weight is 299 g/mol. The molecule has 2 N–H and O–H groups in total. The van der Waals surface area contributed by atoms with Crippen molar-refractivity contribution in [3.8, 4) is 11.5 Å². The van der Waals surface area contributed by atoms with Gasteiger partial charge in [-0.15, -0.1) is 0 Å². The predicted molar refractivity (Wildman–Crippen MR) is 85.0 cm³/mol. The summed E-state index contributed by atoms with van der Waals surface area (Å²) in [6.45, 7) is 0.723. The Labute approximate surface area is 130 Å². The largest absolute Gasteiger partial charge is 0.504 e. The van der Waals surface area contributed by atoms with Gasteiger partial charge in [-0.2, -0.15) is 0 Å². The highest BCUT2D eigenvalue weighted by atomic mass is 16.5. The molecule has 0 fully saturated rings. The molecule has 0 radical (unpaired) electrons. The number of hydrogen-bond donors (Lipinski definition) is 2. The summed E-state index contributed by atoms with van der Waals surface area (Å²) < 4.78 is 6.27. The second kappa shape index (κ2) is 5.99. The molecule has 0 aliphatic carbocycles. The van der Waals surface area contributed by atoms with Gasteiger partial charge in [-0.05, 0) is 31.3 Å². The van der Waals surface area contributed by atoms with Crippen molar-refractivity contribution in [1.82, 2.24) is 4.90 Å². The summed E-state index contributed by atoms with van der Waals surface area (Å²) in [4.78, 5) is 2.06. The molecule has 0 saturated heterocycles. The summed E-state index contributed by atoms with van der Waals surface area (Å²) in [6.07, 6.45) is 0.311. The van der Waals surface area contributed by atoms with Gasteiger partial charge in [0.15, 0.2) is 11.5 Å². The maximum Gasteiger partial charge on any atom is 0.161 e. The van der Waals surface area contributed by atoms with Crippen LogP contribution in [0.2, 0.25) is 0 Å². The first-order valence-electron chi connectivity index (χ1n) is 7.45. The van der Waals surface area contributed by atoms with Crippen LogP contribution in [0.3, 0.4) is 0 Å². The zero-order valence-corrected chi connectivity index (χ0v) is 12.9. The van der Waals surface area contributed by atoms with Crippen molar-refractivity contribution in [2.45, 2.75) is 18.6 Å².